The van der Waals surface area contributed by atoms with E-state index in [1.165, 1.54) is 0 Å². The number of methoxy groups -OCH3 is 1. The Morgan fingerprint density at radius 3 is 2.87 bits per heavy atom. The normalized spacial score (nSPS) is 11.7. The summed E-state index contributed by atoms with van der Waals surface area (Å²) in [6.07, 6.45) is -0.758. The number of aryl methyl sites for hydroxylation is 1. The van der Waals surface area contributed by atoms with Crippen molar-refractivity contribution in [2.75, 3.05) is 13.7 Å². The Morgan fingerprint density at radius 1 is 1.60 bits per heavy atom. The van der Waals surface area contributed by atoms with Gasteiger partial charge in [0.15, 0.2) is 0 Å². The molecule has 1 aromatic carbocycles. The number of ether oxygens (including phenoxy) is 1. The fraction of sp³-hybridized carbons (Fsp3) is 0.400. The van der Waals surface area contributed by atoms with Gasteiger partial charge in [-0.15, -0.1) is 0 Å². The zero-order valence-corrected chi connectivity index (χ0v) is 8.71. The highest BCUT2D eigenvalue weighted by Gasteiger charge is 2.09. The van der Waals surface area contributed by atoms with Gasteiger partial charge in [-0.3, -0.25) is 0 Å². The smallest absolute Gasteiger partial charge is 0.119 e. The van der Waals surface area contributed by atoms with Crippen molar-refractivity contribution in [3.8, 4) is 5.75 Å². The number of hydrogen-bond acceptors (Lipinski definition) is 3. The van der Waals surface area contributed by atoms with E-state index < -0.39 is 6.10 Å². The Hall–Kier alpha value is -1.71. The summed E-state index contributed by atoms with van der Waals surface area (Å²) in [4.78, 5) is 2.60. The number of aliphatic hydroxyl groups is 1. The average molecular weight is 207 g/mol. The van der Waals surface area contributed by atoms with E-state index in [0.29, 0.717) is 0 Å². The van der Waals surface area contributed by atoms with Crippen LogP contribution in [0.5, 0.6) is 5.75 Å². The molecule has 1 atom stereocenters. The molecule has 0 amide bonds. The molecule has 0 aliphatic rings. The second-order valence-electron chi connectivity index (χ2n) is 3.15. The van der Waals surface area contributed by atoms with Crippen molar-refractivity contribution in [2.24, 2.45) is 5.11 Å². The van der Waals surface area contributed by atoms with Crippen LogP contribution in [0.3, 0.4) is 0 Å². The van der Waals surface area contributed by atoms with E-state index in [9.17, 15) is 5.11 Å². The van der Waals surface area contributed by atoms with Crippen LogP contribution in [0.2, 0.25) is 0 Å². The van der Waals surface area contributed by atoms with E-state index in [4.69, 9.17) is 10.3 Å². The molecule has 0 bridgehead atoms. The maximum absolute atomic E-state index is 9.69. The minimum Gasteiger partial charge on any atom is -0.497 e. The molecule has 1 aromatic rings. The average Bonchev–Trinajstić information content (AvgIpc) is 2.25. The molecule has 0 aliphatic carbocycles. The molecule has 15 heavy (non-hydrogen) atoms. The first kappa shape index (κ1) is 11.4. The van der Waals surface area contributed by atoms with Crippen LogP contribution in [0.15, 0.2) is 23.3 Å². The second-order valence-corrected chi connectivity index (χ2v) is 3.15. The third kappa shape index (κ3) is 2.87. The number of aliphatic hydroxyl groups excluding tert-OH is 1. The lowest BCUT2D eigenvalue weighted by Gasteiger charge is -2.12. The fourth-order valence-corrected chi connectivity index (χ4v) is 1.36. The Bertz CT molecular complexity index is 386. The second kappa shape index (κ2) is 5.24. The molecule has 0 saturated heterocycles. The summed E-state index contributed by atoms with van der Waals surface area (Å²) in [5, 5.41) is 13.0. The van der Waals surface area contributed by atoms with E-state index in [-0.39, 0.29) is 6.54 Å². The van der Waals surface area contributed by atoms with Crippen LogP contribution in [-0.2, 0) is 0 Å². The van der Waals surface area contributed by atoms with E-state index in [0.717, 1.165) is 16.9 Å². The van der Waals surface area contributed by atoms with Crippen molar-refractivity contribution in [2.45, 2.75) is 13.0 Å². The highest BCUT2D eigenvalue weighted by molar-refractivity contribution is 5.36. The van der Waals surface area contributed by atoms with Gasteiger partial charge in [0.1, 0.15) is 5.75 Å². The summed E-state index contributed by atoms with van der Waals surface area (Å²) in [5.41, 5.74) is 9.81. The van der Waals surface area contributed by atoms with Crippen LogP contribution in [-0.4, -0.2) is 18.8 Å². The van der Waals surface area contributed by atoms with Crippen molar-refractivity contribution in [1.29, 1.82) is 0 Å². The van der Waals surface area contributed by atoms with E-state index in [2.05, 4.69) is 10.0 Å². The van der Waals surface area contributed by atoms with Gasteiger partial charge in [0.25, 0.3) is 0 Å². The monoisotopic (exact) mass is 207 g/mol. The van der Waals surface area contributed by atoms with Crippen LogP contribution in [0.4, 0.5) is 0 Å². The molecule has 5 nitrogen and oxygen atoms in total. The van der Waals surface area contributed by atoms with Crippen LogP contribution < -0.4 is 4.74 Å². The van der Waals surface area contributed by atoms with Crippen molar-refractivity contribution in [3.05, 3.63) is 39.8 Å². The van der Waals surface area contributed by atoms with Gasteiger partial charge in [-0.1, -0.05) is 11.2 Å². The van der Waals surface area contributed by atoms with Gasteiger partial charge in [-0.2, -0.15) is 0 Å². The third-order valence-corrected chi connectivity index (χ3v) is 2.15. The molecule has 1 rings (SSSR count). The lowest BCUT2D eigenvalue weighted by atomic mass is 10.0. The summed E-state index contributed by atoms with van der Waals surface area (Å²) in [5.74, 6) is 0.743. The van der Waals surface area contributed by atoms with Crippen LogP contribution >= 0.6 is 0 Å². The number of nitrogens with zero attached hydrogens (tertiary/aromatic N) is 3. The fourth-order valence-electron chi connectivity index (χ4n) is 1.36. The van der Waals surface area contributed by atoms with Gasteiger partial charge < -0.3 is 9.84 Å². The minimum absolute atomic E-state index is 0.0453. The number of rotatable bonds is 4. The Labute approximate surface area is 87.9 Å². The molecule has 5 heteroatoms. The number of benzene rings is 1. The zero-order valence-electron chi connectivity index (χ0n) is 8.71. The van der Waals surface area contributed by atoms with Gasteiger partial charge in [0.2, 0.25) is 0 Å². The van der Waals surface area contributed by atoms with Gasteiger partial charge >= 0.3 is 0 Å². The lowest BCUT2D eigenvalue weighted by Crippen LogP contribution is -2.03. The molecule has 0 radical (unpaired) electrons. The molecule has 0 fully saturated rings. The molecular formula is C10H13N3O2. The Balaban J connectivity index is 2.89. The molecule has 0 aliphatic heterocycles. The summed E-state index contributed by atoms with van der Waals surface area (Å²) < 4.78 is 5.05. The topological polar surface area (TPSA) is 78.2 Å². The predicted octanol–water partition coefficient (Wildman–Crippen LogP) is 2.35. The summed E-state index contributed by atoms with van der Waals surface area (Å²) in [6, 6.07) is 5.36. The molecule has 0 aromatic heterocycles. The molecule has 0 spiro atoms. The highest BCUT2D eigenvalue weighted by Crippen LogP contribution is 2.22. The van der Waals surface area contributed by atoms with Gasteiger partial charge in [-0.05, 0) is 35.7 Å². The molecule has 80 valence electrons. The van der Waals surface area contributed by atoms with Gasteiger partial charge in [0, 0.05) is 4.91 Å². The first-order valence-electron chi connectivity index (χ1n) is 4.52. The van der Waals surface area contributed by atoms with Crippen molar-refractivity contribution >= 4 is 0 Å². The highest BCUT2D eigenvalue weighted by atomic mass is 16.5. The molecule has 1 unspecified atom stereocenters. The van der Waals surface area contributed by atoms with Gasteiger partial charge in [0.05, 0.1) is 19.8 Å². The molecule has 0 saturated carbocycles. The minimum atomic E-state index is -0.758. The summed E-state index contributed by atoms with van der Waals surface area (Å²) >= 11 is 0. The van der Waals surface area contributed by atoms with Crippen LogP contribution in [0, 0.1) is 6.92 Å². The molecule has 1 N–H and O–H groups in total. The maximum atomic E-state index is 9.69. The Morgan fingerprint density at radius 2 is 2.33 bits per heavy atom. The van der Waals surface area contributed by atoms with Crippen LogP contribution in [0.25, 0.3) is 10.4 Å². The predicted molar refractivity (Wildman–Crippen MR) is 56.7 cm³/mol. The quantitative estimate of drug-likeness (QED) is 0.467. The summed E-state index contributed by atoms with van der Waals surface area (Å²) in [7, 11) is 1.59. The third-order valence-electron chi connectivity index (χ3n) is 2.15. The van der Waals surface area contributed by atoms with E-state index in [1.807, 2.05) is 13.0 Å². The summed E-state index contributed by atoms with van der Waals surface area (Å²) in [6.45, 7) is 1.92. The molecular weight excluding hydrogens is 194 g/mol. The maximum Gasteiger partial charge on any atom is 0.119 e. The zero-order chi connectivity index (χ0) is 11.3. The molecule has 0 heterocycles. The van der Waals surface area contributed by atoms with E-state index >= 15 is 0 Å². The van der Waals surface area contributed by atoms with Gasteiger partial charge in [-0.25, -0.2) is 0 Å². The lowest BCUT2D eigenvalue weighted by molar-refractivity contribution is 0.186. The van der Waals surface area contributed by atoms with Crippen LogP contribution in [0.1, 0.15) is 17.2 Å². The first-order chi connectivity index (χ1) is 7.19. The number of hydrogen-bond donors (Lipinski definition) is 1. The van der Waals surface area contributed by atoms with Crippen molar-refractivity contribution in [3.63, 3.8) is 0 Å². The SMILES string of the molecule is COc1ccc(C(O)CN=[N+]=[N-])c(C)c1. The standard InChI is InChI=1S/C10H13N3O2/c1-7-5-8(15-2)3-4-9(7)10(14)6-12-13-11/h3-5,10,14H,6H2,1-2H3. The van der Waals surface area contributed by atoms with E-state index in [1.54, 1.807) is 19.2 Å². The van der Waals surface area contributed by atoms with Crippen molar-refractivity contribution < 1.29 is 9.84 Å². The largest absolute Gasteiger partial charge is 0.497 e. The number of azide groups is 1. The Kier molecular flexibility index (Phi) is 3.97. The van der Waals surface area contributed by atoms with Crippen molar-refractivity contribution in [1.82, 2.24) is 0 Å². The first-order valence-corrected chi connectivity index (χ1v) is 4.52.